The summed E-state index contributed by atoms with van der Waals surface area (Å²) >= 11 is 2.12. The van der Waals surface area contributed by atoms with Crippen molar-refractivity contribution in [2.75, 3.05) is 6.61 Å². The number of benzene rings is 2. The van der Waals surface area contributed by atoms with Crippen molar-refractivity contribution in [1.29, 1.82) is 0 Å². The predicted octanol–water partition coefficient (Wildman–Crippen LogP) is 4.14. The molecule has 0 saturated heterocycles. The molecule has 148 valence electrons. The molecule has 0 fully saturated rings. The summed E-state index contributed by atoms with van der Waals surface area (Å²) < 4.78 is 12.5. The van der Waals surface area contributed by atoms with E-state index in [0.717, 1.165) is 14.7 Å². The highest BCUT2D eigenvalue weighted by atomic mass is 127. The molecular formula is C21H22INO5. The molecule has 2 aromatic carbocycles. The second kappa shape index (κ2) is 10.1. The van der Waals surface area contributed by atoms with E-state index in [4.69, 9.17) is 9.47 Å². The Kier molecular flexibility index (Phi) is 7.86. The van der Waals surface area contributed by atoms with Crippen molar-refractivity contribution in [3.8, 4) is 11.5 Å². The molecule has 7 heteroatoms. The molecule has 1 amide bonds. The molecule has 2 N–H and O–H groups in total. The van der Waals surface area contributed by atoms with Crippen molar-refractivity contribution in [1.82, 2.24) is 5.32 Å². The van der Waals surface area contributed by atoms with E-state index in [9.17, 15) is 14.7 Å². The third-order valence-electron chi connectivity index (χ3n) is 3.65. The van der Waals surface area contributed by atoms with Crippen LogP contribution in [0.15, 0.2) is 42.1 Å². The lowest BCUT2D eigenvalue weighted by Gasteiger charge is -2.15. The molecule has 2 rings (SSSR count). The molecule has 0 saturated carbocycles. The van der Waals surface area contributed by atoms with Crippen molar-refractivity contribution in [3.63, 3.8) is 0 Å². The van der Waals surface area contributed by atoms with Crippen LogP contribution < -0.4 is 14.8 Å². The number of hydrogen-bond acceptors (Lipinski definition) is 4. The van der Waals surface area contributed by atoms with Crippen molar-refractivity contribution < 1.29 is 24.2 Å². The second-order valence-electron chi connectivity index (χ2n) is 6.09. The molecule has 0 heterocycles. The number of aryl methyl sites for hydroxylation is 1. The number of carboxylic acid groups (broad SMARTS) is 1. The van der Waals surface area contributed by atoms with Gasteiger partial charge in [-0.3, -0.25) is 4.79 Å². The van der Waals surface area contributed by atoms with Crippen LogP contribution in [0.3, 0.4) is 0 Å². The minimum absolute atomic E-state index is 0.209. The number of ether oxygens (including phenoxy) is 2. The van der Waals surface area contributed by atoms with Crippen LogP contribution in [0.1, 0.15) is 30.5 Å². The number of carboxylic acids is 1. The fourth-order valence-corrected chi connectivity index (χ4v) is 3.32. The first kappa shape index (κ1) is 21.7. The van der Waals surface area contributed by atoms with Gasteiger partial charge in [0.05, 0.1) is 10.2 Å². The topological polar surface area (TPSA) is 84.9 Å². The summed E-state index contributed by atoms with van der Waals surface area (Å²) in [4.78, 5) is 22.6. The van der Waals surface area contributed by atoms with Gasteiger partial charge in [-0.15, -0.1) is 0 Å². The molecule has 0 atom stereocenters. The summed E-state index contributed by atoms with van der Waals surface area (Å²) in [6.45, 7) is 5.96. The van der Waals surface area contributed by atoms with Crippen LogP contribution in [0.4, 0.5) is 0 Å². The fourth-order valence-electron chi connectivity index (χ4n) is 2.54. The van der Waals surface area contributed by atoms with Gasteiger partial charge in [-0.2, -0.15) is 0 Å². The lowest BCUT2D eigenvalue weighted by atomic mass is 10.1. The summed E-state index contributed by atoms with van der Waals surface area (Å²) in [6.07, 6.45) is 1.39. The van der Waals surface area contributed by atoms with E-state index < -0.39 is 11.9 Å². The Labute approximate surface area is 177 Å². The normalized spacial score (nSPS) is 11.1. The van der Waals surface area contributed by atoms with Crippen LogP contribution in [0.2, 0.25) is 0 Å². The second-order valence-corrected chi connectivity index (χ2v) is 7.25. The zero-order chi connectivity index (χ0) is 20.7. The minimum Gasteiger partial charge on any atom is -0.490 e. The van der Waals surface area contributed by atoms with Gasteiger partial charge in [0.25, 0.3) is 0 Å². The highest BCUT2D eigenvalue weighted by molar-refractivity contribution is 14.1. The molecule has 0 bridgehead atoms. The van der Waals surface area contributed by atoms with Gasteiger partial charge < -0.3 is 19.9 Å². The van der Waals surface area contributed by atoms with E-state index in [0.29, 0.717) is 30.3 Å². The molecule has 0 spiro atoms. The third-order valence-corrected chi connectivity index (χ3v) is 4.45. The van der Waals surface area contributed by atoms with Crippen LogP contribution in [0.5, 0.6) is 11.5 Å². The van der Waals surface area contributed by atoms with E-state index in [1.165, 1.54) is 13.0 Å². The van der Waals surface area contributed by atoms with E-state index >= 15 is 0 Å². The van der Waals surface area contributed by atoms with Gasteiger partial charge in [0.2, 0.25) is 5.91 Å². The van der Waals surface area contributed by atoms with Gasteiger partial charge in [0, 0.05) is 6.92 Å². The number of halogens is 1. The highest BCUT2D eigenvalue weighted by Crippen LogP contribution is 2.35. The van der Waals surface area contributed by atoms with Crippen LogP contribution in [0, 0.1) is 10.5 Å². The summed E-state index contributed by atoms with van der Waals surface area (Å²) in [7, 11) is 0. The number of aliphatic carboxylic acids is 1. The Morgan fingerprint density at radius 3 is 2.57 bits per heavy atom. The molecular weight excluding hydrogens is 473 g/mol. The Morgan fingerprint density at radius 2 is 1.96 bits per heavy atom. The molecule has 0 aromatic heterocycles. The summed E-state index contributed by atoms with van der Waals surface area (Å²) in [5.41, 5.74) is 2.57. The Morgan fingerprint density at radius 1 is 1.21 bits per heavy atom. The molecule has 0 aliphatic heterocycles. The Balaban J connectivity index is 2.34. The number of rotatable bonds is 8. The van der Waals surface area contributed by atoms with Crippen molar-refractivity contribution in [2.24, 2.45) is 0 Å². The third kappa shape index (κ3) is 6.26. The summed E-state index contributed by atoms with van der Waals surface area (Å²) in [5, 5.41) is 11.6. The number of nitrogens with one attached hydrogen (secondary N) is 1. The van der Waals surface area contributed by atoms with Gasteiger partial charge in [-0.05, 0) is 65.8 Å². The monoisotopic (exact) mass is 495 g/mol. The first-order valence-corrected chi connectivity index (χ1v) is 9.75. The van der Waals surface area contributed by atoms with Crippen molar-refractivity contribution in [3.05, 3.63) is 62.4 Å². The summed E-state index contributed by atoms with van der Waals surface area (Å²) in [5.74, 6) is -0.562. The average molecular weight is 495 g/mol. The maximum Gasteiger partial charge on any atom is 0.352 e. The first-order chi connectivity index (χ1) is 13.3. The number of carbonyl (C=O) groups excluding carboxylic acids is 1. The smallest absolute Gasteiger partial charge is 0.352 e. The van der Waals surface area contributed by atoms with Crippen LogP contribution in [0.25, 0.3) is 6.08 Å². The van der Waals surface area contributed by atoms with Crippen LogP contribution in [-0.2, 0) is 16.2 Å². The van der Waals surface area contributed by atoms with E-state index in [-0.39, 0.29) is 5.70 Å². The predicted molar refractivity (Wildman–Crippen MR) is 115 cm³/mol. The van der Waals surface area contributed by atoms with Crippen molar-refractivity contribution >= 4 is 40.5 Å². The Hall–Kier alpha value is -2.55. The zero-order valence-corrected chi connectivity index (χ0v) is 18.1. The highest BCUT2D eigenvalue weighted by Gasteiger charge is 2.14. The summed E-state index contributed by atoms with van der Waals surface area (Å²) in [6, 6.07) is 11.5. The van der Waals surface area contributed by atoms with Gasteiger partial charge in [-0.1, -0.05) is 29.8 Å². The maximum absolute atomic E-state index is 11.3. The van der Waals surface area contributed by atoms with Gasteiger partial charge in [-0.25, -0.2) is 4.79 Å². The molecule has 0 aliphatic carbocycles. The van der Waals surface area contributed by atoms with Gasteiger partial charge in [0.15, 0.2) is 11.5 Å². The molecule has 0 unspecified atom stereocenters. The fraction of sp³-hybridized carbons (Fsp3) is 0.238. The molecule has 0 radical (unpaired) electrons. The first-order valence-electron chi connectivity index (χ1n) is 8.67. The standard InChI is InChI=1S/C21H22INO5/c1-4-27-19-11-16(10-18(21(25)26)23-14(3)24)9-17(22)20(19)28-12-15-7-5-6-13(2)8-15/h5-11H,4,12H2,1-3H3,(H,23,24)(H,25,26). The molecule has 6 nitrogen and oxygen atoms in total. The number of hydrogen-bond donors (Lipinski definition) is 2. The average Bonchev–Trinajstić information content (AvgIpc) is 2.60. The van der Waals surface area contributed by atoms with Gasteiger partial charge in [0.1, 0.15) is 12.3 Å². The van der Waals surface area contributed by atoms with Crippen molar-refractivity contribution in [2.45, 2.75) is 27.4 Å². The Bertz CT molecular complexity index is 908. The number of amides is 1. The van der Waals surface area contributed by atoms with Gasteiger partial charge >= 0.3 is 5.97 Å². The maximum atomic E-state index is 11.3. The van der Waals surface area contributed by atoms with Crippen LogP contribution >= 0.6 is 22.6 Å². The quantitative estimate of drug-likeness (QED) is 0.425. The molecule has 2 aromatic rings. The lowest BCUT2D eigenvalue weighted by Crippen LogP contribution is -2.24. The van der Waals surface area contributed by atoms with E-state index in [2.05, 4.69) is 34.0 Å². The zero-order valence-electron chi connectivity index (χ0n) is 15.9. The molecule has 28 heavy (non-hydrogen) atoms. The van der Waals surface area contributed by atoms with E-state index in [1.54, 1.807) is 12.1 Å². The minimum atomic E-state index is -1.22. The SMILES string of the molecule is CCOc1cc(C=C(NC(C)=O)C(=O)O)cc(I)c1OCc1cccc(C)c1. The lowest BCUT2D eigenvalue weighted by molar-refractivity contribution is -0.134. The molecule has 0 aliphatic rings. The van der Waals surface area contributed by atoms with Crippen LogP contribution in [-0.4, -0.2) is 23.6 Å². The number of carbonyl (C=O) groups is 2. The van der Waals surface area contributed by atoms with E-state index in [1.807, 2.05) is 32.0 Å². The largest absolute Gasteiger partial charge is 0.490 e.